The minimum atomic E-state index is -0.245. The zero-order valence-electron chi connectivity index (χ0n) is 40.8. The number of para-hydroxylation sites is 4. The molecule has 8 heteroatoms. The molecule has 2 atom stereocenters. The number of fused-ring (bicyclic) bond motifs is 9. The lowest BCUT2D eigenvalue weighted by Gasteiger charge is -2.33. The van der Waals surface area contributed by atoms with Gasteiger partial charge in [-0.2, -0.15) is 0 Å². The number of hydrogen-bond acceptors (Lipinski definition) is 5. The molecule has 0 spiro atoms. The second-order valence-electron chi connectivity index (χ2n) is 19.5. The van der Waals surface area contributed by atoms with Gasteiger partial charge in [-0.05, 0) is 167 Å². The maximum atomic E-state index is 5.23. The van der Waals surface area contributed by atoms with Crippen LogP contribution in [0.2, 0.25) is 0 Å². The molecule has 15 rings (SSSR count). The molecule has 4 aromatic heterocycles. The van der Waals surface area contributed by atoms with E-state index in [4.69, 9.17) is 4.99 Å². The summed E-state index contributed by atoms with van der Waals surface area (Å²) in [6.45, 7) is 0.777. The molecule has 8 nitrogen and oxygen atoms in total. The predicted molar refractivity (Wildman–Crippen MR) is 309 cm³/mol. The van der Waals surface area contributed by atoms with Gasteiger partial charge in [0, 0.05) is 73.9 Å². The van der Waals surface area contributed by atoms with Crippen LogP contribution in [-0.4, -0.2) is 37.2 Å². The van der Waals surface area contributed by atoms with Crippen molar-refractivity contribution in [1.29, 1.82) is 0 Å². The third kappa shape index (κ3) is 7.17. The smallest absolute Gasteiger partial charge is 0.131 e. The van der Waals surface area contributed by atoms with Gasteiger partial charge in [0.25, 0.3) is 0 Å². The fraction of sp³-hybridized carbons (Fsp3) is 0.0448. The quantitative estimate of drug-likeness (QED) is 0.142. The van der Waals surface area contributed by atoms with Crippen molar-refractivity contribution in [2.45, 2.75) is 12.3 Å². The molecule has 0 bridgehead atoms. The van der Waals surface area contributed by atoms with E-state index in [1.807, 2.05) is 30.7 Å². The van der Waals surface area contributed by atoms with E-state index >= 15 is 0 Å². The van der Waals surface area contributed by atoms with Gasteiger partial charge in [0.15, 0.2) is 0 Å². The van der Waals surface area contributed by atoms with Crippen LogP contribution in [0.5, 0.6) is 0 Å². The number of rotatable bonds is 8. The first kappa shape index (κ1) is 42.9. The van der Waals surface area contributed by atoms with Gasteiger partial charge >= 0.3 is 0 Å². The summed E-state index contributed by atoms with van der Waals surface area (Å²) in [7, 11) is 0. The largest absolute Gasteiger partial charge is 0.387 e. The highest BCUT2D eigenvalue weighted by Gasteiger charge is 2.27. The molecule has 2 aliphatic rings. The van der Waals surface area contributed by atoms with Crippen LogP contribution >= 0.6 is 0 Å². The van der Waals surface area contributed by atoms with E-state index in [1.165, 1.54) is 82.2 Å². The lowest BCUT2D eigenvalue weighted by Crippen LogP contribution is -2.52. The van der Waals surface area contributed by atoms with Crippen molar-refractivity contribution in [2.24, 2.45) is 4.99 Å². The van der Waals surface area contributed by atoms with Crippen LogP contribution in [0.4, 0.5) is 0 Å². The molecule has 2 aliphatic heterocycles. The molecule has 0 saturated heterocycles. The van der Waals surface area contributed by atoms with E-state index in [0.29, 0.717) is 0 Å². The summed E-state index contributed by atoms with van der Waals surface area (Å²) in [5.74, 6) is 0.837. The number of hydrogen-bond donors (Lipinski definition) is 3. The normalized spacial score (nSPS) is 15.7. The second-order valence-corrected chi connectivity index (χ2v) is 19.5. The van der Waals surface area contributed by atoms with Crippen molar-refractivity contribution in [3.05, 3.63) is 266 Å². The van der Waals surface area contributed by atoms with Crippen LogP contribution < -0.4 is 16.0 Å². The lowest BCUT2D eigenvalue weighted by atomic mass is 9.98. The second kappa shape index (κ2) is 17.5. The molecule has 3 N–H and O–H groups in total. The van der Waals surface area contributed by atoms with Gasteiger partial charge in [-0.15, -0.1) is 0 Å². The predicted octanol–water partition coefficient (Wildman–Crippen LogP) is 14.7. The zero-order valence-corrected chi connectivity index (χ0v) is 40.8. The van der Waals surface area contributed by atoms with E-state index in [9.17, 15) is 0 Å². The first-order chi connectivity index (χ1) is 37.2. The molecule has 13 aromatic rings. The highest BCUT2D eigenvalue weighted by Crippen LogP contribution is 2.41. The van der Waals surface area contributed by atoms with Gasteiger partial charge in [0.2, 0.25) is 0 Å². The molecule has 0 radical (unpaired) electrons. The average Bonchev–Trinajstić information content (AvgIpc) is 4.13. The topological polar surface area (TPSA) is 76.1 Å². The molecular weight excluding hydrogens is 917 g/mol. The number of amidine groups is 1. The van der Waals surface area contributed by atoms with Crippen LogP contribution in [0.15, 0.2) is 260 Å². The molecule has 0 fully saturated rings. The molecule has 0 saturated carbocycles. The average molecular weight is 965 g/mol. The van der Waals surface area contributed by atoms with E-state index in [-0.39, 0.29) is 12.3 Å². The highest BCUT2D eigenvalue weighted by molar-refractivity contribution is 6.15. The Balaban J connectivity index is 0.879. The fourth-order valence-electron chi connectivity index (χ4n) is 11.7. The van der Waals surface area contributed by atoms with Crippen LogP contribution in [0.3, 0.4) is 0 Å². The number of nitrogens with one attached hydrogen (secondary N) is 3. The van der Waals surface area contributed by atoms with Crippen LogP contribution in [0, 0.1) is 0 Å². The lowest BCUT2D eigenvalue weighted by molar-refractivity contribution is 0.440. The number of aliphatic imine (C=N–C) groups is 1. The van der Waals surface area contributed by atoms with Crippen molar-refractivity contribution < 1.29 is 0 Å². The molecule has 2 unspecified atom stereocenters. The van der Waals surface area contributed by atoms with E-state index in [2.05, 4.69) is 253 Å². The fourth-order valence-corrected chi connectivity index (χ4v) is 11.7. The maximum absolute atomic E-state index is 5.23. The molecule has 0 aliphatic carbocycles. The number of pyridine rings is 1. The third-order valence-corrected chi connectivity index (χ3v) is 15.3. The molecule has 6 heterocycles. The van der Waals surface area contributed by atoms with Crippen LogP contribution in [0.1, 0.15) is 17.3 Å². The standard InChI is InChI=1S/C67H48N8/c1-3-11-50(12-4-1)73-59-17-9-7-15-53(59)55-39-46(21-27-61(55)73)48-23-29-63-57(41-48)58-42-49(47-22-28-62-56(40-47)54-16-8-10-18-60(54)74(62)51-13-5-2-6-14-51)24-30-64(58)75(63)52-25-19-43(20-26-52)65-70-66(44-31-35-68-36-32-44)72-67(71-65)45-33-37-69-38-34-45/h1-37,39-42,66-67,69,72H,38H2,(H,70,71). The van der Waals surface area contributed by atoms with Crippen LogP contribution in [-0.2, 0) is 0 Å². The monoisotopic (exact) mass is 964 g/mol. The van der Waals surface area contributed by atoms with Crippen molar-refractivity contribution >= 4 is 71.3 Å². The molecular formula is C67H48N8. The number of nitrogens with zero attached hydrogens (tertiary/aromatic N) is 5. The first-order valence-electron chi connectivity index (χ1n) is 25.7. The van der Waals surface area contributed by atoms with E-state index < -0.39 is 0 Å². The number of benzene rings is 9. The van der Waals surface area contributed by atoms with Crippen molar-refractivity contribution in [3.63, 3.8) is 0 Å². The van der Waals surface area contributed by atoms with Gasteiger partial charge in [-0.25, -0.2) is 4.99 Å². The van der Waals surface area contributed by atoms with Gasteiger partial charge in [0.1, 0.15) is 18.2 Å². The van der Waals surface area contributed by atoms with E-state index in [0.717, 1.165) is 51.6 Å². The molecule has 9 aromatic carbocycles. The number of aromatic nitrogens is 4. The summed E-state index contributed by atoms with van der Waals surface area (Å²) in [6, 6.07) is 79.7. The highest BCUT2D eigenvalue weighted by atomic mass is 15.3. The number of dihydropyridines is 1. The van der Waals surface area contributed by atoms with E-state index in [1.54, 1.807) is 0 Å². The Morgan fingerprint density at radius 1 is 0.400 bits per heavy atom. The minimum Gasteiger partial charge on any atom is -0.387 e. The zero-order chi connectivity index (χ0) is 49.4. The Hall–Kier alpha value is -9.76. The van der Waals surface area contributed by atoms with Crippen LogP contribution in [0.25, 0.3) is 105 Å². The Morgan fingerprint density at radius 3 is 1.31 bits per heavy atom. The summed E-state index contributed by atoms with van der Waals surface area (Å²) >= 11 is 0. The molecule has 0 amide bonds. The van der Waals surface area contributed by atoms with Crippen molar-refractivity contribution in [1.82, 2.24) is 34.6 Å². The Labute approximate surface area is 432 Å². The molecule has 75 heavy (non-hydrogen) atoms. The summed E-state index contributed by atoms with van der Waals surface area (Å²) in [6.07, 6.45) is 9.63. The van der Waals surface area contributed by atoms with Gasteiger partial charge in [-0.1, -0.05) is 103 Å². The molecule has 356 valence electrons. The van der Waals surface area contributed by atoms with Crippen molar-refractivity contribution in [3.8, 4) is 39.3 Å². The van der Waals surface area contributed by atoms with Gasteiger partial charge in [-0.3, -0.25) is 10.3 Å². The Kier molecular flexibility index (Phi) is 9.99. The third-order valence-electron chi connectivity index (χ3n) is 15.3. The minimum absolute atomic E-state index is 0.124. The summed E-state index contributed by atoms with van der Waals surface area (Å²) in [5.41, 5.74) is 18.4. The SMILES string of the molecule is C1=CC(C2NC(c3ccc(-n4c5ccc(-c6ccc7c(c6)c6ccccc6n7-c6ccccc6)cc5c5cc(-c6ccc7c(c6)c6ccccc6n7-c6ccccc6)ccc54)cc3)=NC(c3ccncc3)N2)=CCN1. The summed E-state index contributed by atoms with van der Waals surface area (Å²) in [5, 5.41) is 18.1. The van der Waals surface area contributed by atoms with Crippen molar-refractivity contribution in [2.75, 3.05) is 6.54 Å². The summed E-state index contributed by atoms with van der Waals surface area (Å²) in [4.78, 5) is 9.51. The maximum Gasteiger partial charge on any atom is 0.131 e. The summed E-state index contributed by atoms with van der Waals surface area (Å²) < 4.78 is 7.17. The van der Waals surface area contributed by atoms with Gasteiger partial charge in [0.05, 0.1) is 33.1 Å². The van der Waals surface area contributed by atoms with Gasteiger partial charge < -0.3 is 24.3 Å². The first-order valence-corrected chi connectivity index (χ1v) is 25.7. The Bertz CT molecular complexity index is 4250. The Morgan fingerprint density at radius 2 is 0.827 bits per heavy atom.